The predicted octanol–water partition coefficient (Wildman–Crippen LogP) is 2.37. The Bertz CT molecular complexity index is 1190. The SMILES string of the molecule is O=C(O)c1c(C2CCC3CNNC3C2)cc(Nc2ccc(N3CCOCC3)cn2)c2nccn12. The van der Waals surface area contributed by atoms with Gasteiger partial charge in [0.15, 0.2) is 5.65 Å². The van der Waals surface area contributed by atoms with Crippen LogP contribution >= 0.6 is 0 Å². The van der Waals surface area contributed by atoms with Gasteiger partial charge in [0.2, 0.25) is 0 Å². The third-order valence-corrected chi connectivity index (χ3v) is 7.37. The van der Waals surface area contributed by atoms with Gasteiger partial charge in [-0.2, -0.15) is 0 Å². The van der Waals surface area contributed by atoms with Crippen molar-refractivity contribution in [3.63, 3.8) is 0 Å². The summed E-state index contributed by atoms with van der Waals surface area (Å²) in [6, 6.07) is 6.34. The number of hydrogen-bond donors (Lipinski definition) is 4. The molecule has 178 valence electrons. The number of aromatic nitrogens is 3. The fourth-order valence-electron chi connectivity index (χ4n) is 5.60. The van der Waals surface area contributed by atoms with E-state index in [-0.39, 0.29) is 5.92 Å². The number of aromatic carboxylic acids is 1. The second kappa shape index (κ2) is 8.86. The van der Waals surface area contributed by atoms with Gasteiger partial charge in [0.1, 0.15) is 11.5 Å². The Morgan fingerprint density at radius 3 is 2.88 bits per heavy atom. The number of rotatable bonds is 5. The quantitative estimate of drug-likeness (QED) is 0.452. The molecule has 3 fully saturated rings. The van der Waals surface area contributed by atoms with Crippen molar-refractivity contribution in [3.05, 3.63) is 48.0 Å². The van der Waals surface area contributed by atoms with E-state index in [1.807, 2.05) is 18.3 Å². The molecule has 0 bridgehead atoms. The second-order valence-corrected chi connectivity index (χ2v) is 9.32. The van der Waals surface area contributed by atoms with E-state index < -0.39 is 5.97 Å². The van der Waals surface area contributed by atoms with Gasteiger partial charge in [-0.05, 0) is 54.9 Å². The van der Waals surface area contributed by atoms with Gasteiger partial charge < -0.3 is 20.1 Å². The van der Waals surface area contributed by atoms with Crippen molar-refractivity contribution in [3.8, 4) is 0 Å². The molecule has 0 aromatic carbocycles. The van der Waals surface area contributed by atoms with Gasteiger partial charge in [-0.15, -0.1) is 0 Å². The molecule has 5 heterocycles. The highest BCUT2D eigenvalue weighted by molar-refractivity contribution is 5.91. The van der Waals surface area contributed by atoms with Crippen molar-refractivity contribution in [2.45, 2.75) is 31.2 Å². The largest absolute Gasteiger partial charge is 0.477 e. The number of carboxylic acids is 1. The lowest BCUT2D eigenvalue weighted by molar-refractivity contribution is 0.0686. The van der Waals surface area contributed by atoms with Crippen LogP contribution in [0.15, 0.2) is 36.8 Å². The number of anilines is 3. The van der Waals surface area contributed by atoms with Crippen LogP contribution in [0.25, 0.3) is 5.65 Å². The lowest BCUT2D eigenvalue weighted by Gasteiger charge is -2.32. The van der Waals surface area contributed by atoms with Crippen LogP contribution < -0.4 is 21.1 Å². The second-order valence-electron chi connectivity index (χ2n) is 9.32. The number of carbonyl (C=O) groups is 1. The number of nitrogens with one attached hydrogen (secondary N) is 3. The molecular weight excluding hydrogens is 434 g/mol. The zero-order chi connectivity index (χ0) is 23.1. The highest BCUT2D eigenvalue weighted by Gasteiger charge is 2.36. The van der Waals surface area contributed by atoms with Crippen molar-refractivity contribution >= 4 is 28.8 Å². The number of hydrazine groups is 1. The first-order valence-electron chi connectivity index (χ1n) is 11.9. The standard InChI is InChI=1S/C24H29N7O3/c32-24(33)22-18(15-1-2-16-13-27-29-19(16)11-15)12-20(23-25-5-6-31(22)23)28-21-4-3-17(14-26-21)30-7-9-34-10-8-30/h3-6,12,14-16,19,27,29H,1-2,7-11,13H2,(H,26,28)(H,32,33). The molecule has 0 radical (unpaired) electrons. The first-order valence-corrected chi connectivity index (χ1v) is 11.9. The summed E-state index contributed by atoms with van der Waals surface area (Å²) in [5, 5.41) is 13.5. The molecule has 1 aliphatic carbocycles. The minimum Gasteiger partial charge on any atom is -0.477 e. The van der Waals surface area contributed by atoms with Crippen molar-refractivity contribution < 1.29 is 14.6 Å². The average Bonchev–Trinajstić information content (AvgIpc) is 3.54. The van der Waals surface area contributed by atoms with Crippen LogP contribution in [0, 0.1) is 5.92 Å². The van der Waals surface area contributed by atoms with Gasteiger partial charge in [0, 0.05) is 38.1 Å². The Morgan fingerprint density at radius 2 is 2.09 bits per heavy atom. The van der Waals surface area contributed by atoms with Crippen LogP contribution in [0.4, 0.5) is 17.2 Å². The minimum absolute atomic E-state index is 0.156. The molecule has 3 atom stereocenters. The molecule has 6 rings (SSSR count). The Morgan fingerprint density at radius 1 is 1.21 bits per heavy atom. The first kappa shape index (κ1) is 21.3. The molecular formula is C24H29N7O3. The fraction of sp³-hybridized carbons (Fsp3) is 0.458. The molecule has 10 heteroatoms. The molecule has 2 saturated heterocycles. The zero-order valence-corrected chi connectivity index (χ0v) is 18.9. The molecule has 0 amide bonds. The van der Waals surface area contributed by atoms with E-state index in [0.717, 1.165) is 69.0 Å². The molecule has 2 aliphatic heterocycles. The topological polar surface area (TPSA) is 116 Å². The molecule has 0 spiro atoms. The van der Waals surface area contributed by atoms with E-state index in [4.69, 9.17) is 4.74 Å². The number of pyridine rings is 2. The molecule has 4 N–H and O–H groups in total. The van der Waals surface area contributed by atoms with Crippen LogP contribution in [0.1, 0.15) is 41.2 Å². The number of fused-ring (bicyclic) bond motifs is 2. The number of ether oxygens (including phenoxy) is 1. The number of imidazole rings is 1. The lowest BCUT2D eigenvalue weighted by atomic mass is 9.76. The van der Waals surface area contributed by atoms with E-state index >= 15 is 0 Å². The average molecular weight is 464 g/mol. The van der Waals surface area contributed by atoms with E-state index in [0.29, 0.717) is 29.1 Å². The van der Waals surface area contributed by atoms with Gasteiger partial charge >= 0.3 is 5.97 Å². The fourth-order valence-corrected chi connectivity index (χ4v) is 5.60. The van der Waals surface area contributed by atoms with Crippen molar-refractivity contribution in [2.75, 3.05) is 43.1 Å². The highest BCUT2D eigenvalue weighted by atomic mass is 16.5. The smallest absolute Gasteiger partial charge is 0.353 e. The number of morpholine rings is 1. The molecule has 10 nitrogen and oxygen atoms in total. The maximum atomic E-state index is 12.3. The summed E-state index contributed by atoms with van der Waals surface area (Å²) in [5.74, 6) is 0.524. The first-order chi connectivity index (χ1) is 16.7. The van der Waals surface area contributed by atoms with Gasteiger partial charge in [-0.3, -0.25) is 15.3 Å². The normalized spacial score (nSPS) is 24.8. The van der Waals surface area contributed by atoms with Gasteiger partial charge in [0.05, 0.1) is 30.8 Å². The summed E-state index contributed by atoms with van der Waals surface area (Å²) in [6.07, 6.45) is 8.18. The third-order valence-electron chi connectivity index (χ3n) is 7.37. The summed E-state index contributed by atoms with van der Waals surface area (Å²) in [5.41, 5.74) is 10.2. The van der Waals surface area contributed by atoms with Crippen LogP contribution in [-0.4, -0.2) is 64.3 Å². The monoisotopic (exact) mass is 463 g/mol. The minimum atomic E-state index is -0.933. The lowest BCUT2D eigenvalue weighted by Crippen LogP contribution is -2.36. The van der Waals surface area contributed by atoms with Crippen molar-refractivity contribution in [1.29, 1.82) is 0 Å². The van der Waals surface area contributed by atoms with Gasteiger partial charge in [-0.25, -0.2) is 14.8 Å². The summed E-state index contributed by atoms with van der Waals surface area (Å²) in [4.78, 5) is 23.7. The summed E-state index contributed by atoms with van der Waals surface area (Å²) in [6.45, 7) is 4.14. The van der Waals surface area contributed by atoms with Gasteiger partial charge in [-0.1, -0.05) is 0 Å². The van der Waals surface area contributed by atoms with Crippen LogP contribution in [0.3, 0.4) is 0 Å². The van der Waals surface area contributed by atoms with Crippen LogP contribution in [0.2, 0.25) is 0 Å². The van der Waals surface area contributed by atoms with Gasteiger partial charge in [0.25, 0.3) is 0 Å². The highest BCUT2D eigenvalue weighted by Crippen LogP contribution is 2.40. The molecule has 3 aliphatic rings. The molecule has 3 aromatic rings. The maximum Gasteiger partial charge on any atom is 0.353 e. The Hall–Kier alpha value is -3.21. The van der Waals surface area contributed by atoms with Crippen molar-refractivity contribution in [2.24, 2.45) is 5.92 Å². The summed E-state index contributed by atoms with van der Waals surface area (Å²) in [7, 11) is 0. The van der Waals surface area contributed by atoms with E-state index in [9.17, 15) is 9.90 Å². The number of hydrogen-bond acceptors (Lipinski definition) is 8. The maximum absolute atomic E-state index is 12.3. The molecule has 3 unspecified atom stereocenters. The Balaban J connectivity index is 1.33. The van der Waals surface area contributed by atoms with Crippen LogP contribution in [-0.2, 0) is 4.74 Å². The van der Waals surface area contributed by atoms with E-state index in [1.165, 1.54) is 0 Å². The number of nitrogens with zero attached hydrogens (tertiary/aromatic N) is 4. The number of carboxylic acid groups (broad SMARTS) is 1. The molecule has 1 saturated carbocycles. The zero-order valence-electron chi connectivity index (χ0n) is 18.9. The predicted molar refractivity (Wildman–Crippen MR) is 128 cm³/mol. The summed E-state index contributed by atoms with van der Waals surface area (Å²) >= 11 is 0. The Kier molecular flexibility index (Phi) is 5.56. The van der Waals surface area contributed by atoms with Crippen molar-refractivity contribution in [1.82, 2.24) is 25.2 Å². The Labute approximate surface area is 197 Å². The molecule has 34 heavy (non-hydrogen) atoms. The molecule has 3 aromatic heterocycles. The van der Waals surface area contributed by atoms with E-state index in [1.54, 1.807) is 16.8 Å². The summed E-state index contributed by atoms with van der Waals surface area (Å²) < 4.78 is 7.12. The van der Waals surface area contributed by atoms with E-state index in [2.05, 4.69) is 37.1 Å². The van der Waals surface area contributed by atoms with Crippen LogP contribution in [0.5, 0.6) is 0 Å². The third kappa shape index (κ3) is 3.87.